The van der Waals surface area contributed by atoms with Gasteiger partial charge in [-0.2, -0.15) is 0 Å². The molecule has 0 radical (unpaired) electrons. The van der Waals surface area contributed by atoms with Crippen LogP contribution in [0.5, 0.6) is 0 Å². The van der Waals surface area contributed by atoms with Crippen molar-refractivity contribution in [1.29, 1.82) is 0 Å². The van der Waals surface area contributed by atoms with Gasteiger partial charge in [0.05, 0.1) is 19.8 Å². The van der Waals surface area contributed by atoms with Gasteiger partial charge in [-0.1, -0.05) is 17.7 Å². The van der Waals surface area contributed by atoms with Crippen LogP contribution in [0.2, 0.25) is 0 Å². The van der Waals surface area contributed by atoms with Crippen LogP contribution in [-0.4, -0.2) is 50.8 Å². The molecular weight excluding hydrogens is 266 g/mol. The van der Waals surface area contributed by atoms with Crippen LogP contribution in [0.1, 0.15) is 27.9 Å². The molecule has 4 nitrogen and oxygen atoms in total. The number of ether oxygens (including phenoxy) is 2. The number of nitrogens with zero attached hydrogens (tertiary/aromatic N) is 1. The molecule has 0 N–H and O–H groups in total. The number of rotatable bonds is 6. The van der Waals surface area contributed by atoms with Gasteiger partial charge in [0.25, 0.3) is 5.91 Å². The number of hydrogen-bond acceptors (Lipinski definition) is 3. The Balaban J connectivity index is 1.87. The van der Waals surface area contributed by atoms with E-state index in [4.69, 9.17) is 9.47 Å². The summed E-state index contributed by atoms with van der Waals surface area (Å²) in [7, 11) is 1.67. The second-order valence-corrected chi connectivity index (χ2v) is 5.79. The lowest BCUT2D eigenvalue weighted by molar-refractivity contribution is 0.0515. The molecule has 1 aromatic carbocycles. The zero-order chi connectivity index (χ0) is 15.2. The molecule has 0 spiro atoms. The van der Waals surface area contributed by atoms with Crippen molar-refractivity contribution in [2.75, 3.05) is 40.0 Å². The van der Waals surface area contributed by atoms with Crippen LogP contribution < -0.4 is 0 Å². The van der Waals surface area contributed by atoms with Crippen LogP contribution >= 0.6 is 0 Å². The first-order valence-electron chi connectivity index (χ1n) is 7.55. The highest BCUT2D eigenvalue weighted by atomic mass is 16.5. The van der Waals surface area contributed by atoms with Gasteiger partial charge in [-0.3, -0.25) is 4.79 Å². The maximum absolute atomic E-state index is 12.6. The predicted octanol–water partition coefficient (Wildman–Crippen LogP) is 2.43. The van der Waals surface area contributed by atoms with Crippen molar-refractivity contribution >= 4 is 5.91 Å². The second kappa shape index (κ2) is 7.57. The summed E-state index contributed by atoms with van der Waals surface area (Å²) in [6.07, 6.45) is 1.02. The molecule has 1 fully saturated rings. The molecule has 1 aliphatic rings. The van der Waals surface area contributed by atoms with Gasteiger partial charge in [0.2, 0.25) is 0 Å². The van der Waals surface area contributed by atoms with E-state index in [2.05, 4.69) is 6.07 Å². The third-order valence-electron chi connectivity index (χ3n) is 3.97. The summed E-state index contributed by atoms with van der Waals surface area (Å²) in [5, 5.41) is 0. The highest BCUT2D eigenvalue weighted by molar-refractivity contribution is 5.95. The number of aryl methyl sites for hydroxylation is 2. The van der Waals surface area contributed by atoms with Crippen LogP contribution in [0.25, 0.3) is 0 Å². The smallest absolute Gasteiger partial charge is 0.254 e. The van der Waals surface area contributed by atoms with Crippen molar-refractivity contribution in [1.82, 2.24) is 4.90 Å². The van der Waals surface area contributed by atoms with Gasteiger partial charge in [-0.05, 0) is 31.9 Å². The molecule has 2 rings (SSSR count). The first-order chi connectivity index (χ1) is 10.1. The number of hydrogen-bond donors (Lipinski definition) is 0. The highest BCUT2D eigenvalue weighted by Crippen LogP contribution is 2.21. The Labute approximate surface area is 127 Å². The van der Waals surface area contributed by atoms with E-state index in [9.17, 15) is 4.79 Å². The van der Waals surface area contributed by atoms with E-state index < -0.39 is 0 Å². The van der Waals surface area contributed by atoms with Crippen molar-refractivity contribution in [3.63, 3.8) is 0 Å². The Morgan fingerprint density at radius 3 is 2.86 bits per heavy atom. The quantitative estimate of drug-likeness (QED) is 0.756. The number of methoxy groups -OCH3 is 1. The van der Waals surface area contributed by atoms with Crippen LogP contribution in [0, 0.1) is 19.8 Å². The third kappa shape index (κ3) is 4.29. The van der Waals surface area contributed by atoms with Crippen LogP contribution in [0.3, 0.4) is 0 Å². The van der Waals surface area contributed by atoms with Crippen LogP contribution in [0.15, 0.2) is 18.2 Å². The Bertz CT molecular complexity index is 487. The van der Waals surface area contributed by atoms with E-state index in [-0.39, 0.29) is 5.91 Å². The summed E-state index contributed by atoms with van der Waals surface area (Å²) in [5.74, 6) is 0.587. The van der Waals surface area contributed by atoms with Gasteiger partial charge in [0, 0.05) is 31.7 Å². The zero-order valence-corrected chi connectivity index (χ0v) is 13.2. The van der Waals surface area contributed by atoms with Gasteiger partial charge in [-0.15, -0.1) is 0 Å². The molecule has 4 heteroatoms. The minimum atomic E-state index is 0.145. The summed E-state index contributed by atoms with van der Waals surface area (Å²) in [6, 6.07) is 6.01. The molecule has 1 aliphatic heterocycles. The summed E-state index contributed by atoms with van der Waals surface area (Å²) in [6.45, 7) is 7.62. The zero-order valence-electron chi connectivity index (χ0n) is 13.2. The molecule has 0 aromatic heterocycles. The monoisotopic (exact) mass is 291 g/mol. The molecule has 1 heterocycles. The minimum Gasteiger partial charge on any atom is -0.382 e. The normalized spacial score (nSPS) is 18.2. The topological polar surface area (TPSA) is 38.8 Å². The van der Waals surface area contributed by atoms with Crippen molar-refractivity contribution in [2.45, 2.75) is 20.3 Å². The number of benzene rings is 1. The van der Waals surface area contributed by atoms with E-state index in [1.54, 1.807) is 7.11 Å². The molecule has 21 heavy (non-hydrogen) atoms. The second-order valence-electron chi connectivity index (χ2n) is 5.79. The van der Waals surface area contributed by atoms with Crippen LogP contribution in [-0.2, 0) is 9.47 Å². The molecule has 1 saturated heterocycles. The highest BCUT2D eigenvalue weighted by Gasteiger charge is 2.27. The minimum absolute atomic E-state index is 0.145. The summed E-state index contributed by atoms with van der Waals surface area (Å²) in [4.78, 5) is 14.5. The van der Waals surface area contributed by atoms with E-state index in [0.29, 0.717) is 25.7 Å². The predicted molar refractivity (Wildman–Crippen MR) is 82.6 cm³/mol. The van der Waals surface area contributed by atoms with Crippen molar-refractivity contribution in [3.8, 4) is 0 Å². The third-order valence-corrected chi connectivity index (χ3v) is 3.97. The number of amides is 1. The Morgan fingerprint density at radius 2 is 2.14 bits per heavy atom. The molecule has 1 atom stereocenters. The molecule has 116 valence electrons. The molecule has 0 unspecified atom stereocenters. The fourth-order valence-corrected chi connectivity index (χ4v) is 2.77. The van der Waals surface area contributed by atoms with Gasteiger partial charge in [0.1, 0.15) is 0 Å². The Hall–Kier alpha value is -1.39. The first kappa shape index (κ1) is 16.0. The maximum atomic E-state index is 12.6. The van der Waals surface area contributed by atoms with Crippen molar-refractivity contribution in [3.05, 3.63) is 34.9 Å². The van der Waals surface area contributed by atoms with E-state index >= 15 is 0 Å². The molecule has 0 aliphatic carbocycles. The average Bonchev–Trinajstić information content (AvgIpc) is 2.92. The Morgan fingerprint density at radius 1 is 1.33 bits per heavy atom. The van der Waals surface area contributed by atoms with Gasteiger partial charge < -0.3 is 14.4 Å². The van der Waals surface area contributed by atoms with Gasteiger partial charge in [0.15, 0.2) is 0 Å². The lowest BCUT2D eigenvalue weighted by Crippen LogP contribution is -2.30. The molecular formula is C17H25NO3. The van der Waals surface area contributed by atoms with E-state index in [1.165, 1.54) is 5.56 Å². The number of likely N-dealkylation sites (tertiary alicyclic amines) is 1. The summed E-state index contributed by atoms with van der Waals surface area (Å²) >= 11 is 0. The molecule has 0 bridgehead atoms. The largest absolute Gasteiger partial charge is 0.382 e. The average molecular weight is 291 g/mol. The van der Waals surface area contributed by atoms with Crippen molar-refractivity contribution < 1.29 is 14.3 Å². The summed E-state index contributed by atoms with van der Waals surface area (Å²) < 4.78 is 10.5. The Kier molecular flexibility index (Phi) is 5.76. The SMILES string of the molecule is COCCOC[C@@H]1CCN(C(=O)c2ccc(C)cc2C)C1. The van der Waals surface area contributed by atoms with Crippen molar-refractivity contribution in [2.24, 2.45) is 5.92 Å². The maximum Gasteiger partial charge on any atom is 0.254 e. The van der Waals surface area contributed by atoms with Gasteiger partial charge >= 0.3 is 0 Å². The fourth-order valence-electron chi connectivity index (χ4n) is 2.77. The summed E-state index contributed by atoms with van der Waals surface area (Å²) in [5.41, 5.74) is 3.07. The lowest BCUT2D eigenvalue weighted by Gasteiger charge is -2.18. The van der Waals surface area contributed by atoms with Gasteiger partial charge in [-0.25, -0.2) is 0 Å². The molecule has 1 aromatic rings. The standard InChI is InChI=1S/C17H25NO3/c1-13-4-5-16(14(2)10-13)17(19)18-7-6-15(11-18)12-21-9-8-20-3/h4-5,10,15H,6-9,11-12H2,1-3H3/t15-/m1/s1. The van der Waals surface area contributed by atoms with E-state index in [0.717, 1.165) is 30.6 Å². The molecule has 1 amide bonds. The fraction of sp³-hybridized carbons (Fsp3) is 0.588. The first-order valence-corrected chi connectivity index (χ1v) is 7.55. The lowest BCUT2D eigenvalue weighted by atomic mass is 10.0. The van der Waals surface area contributed by atoms with Crippen LogP contribution in [0.4, 0.5) is 0 Å². The van der Waals surface area contributed by atoms with E-state index in [1.807, 2.05) is 30.9 Å². The number of carbonyl (C=O) groups is 1. The molecule has 0 saturated carbocycles. The number of carbonyl (C=O) groups excluding carboxylic acids is 1.